The zero-order valence-electron chi connectivity index (χ0n) is 49.7. The first-order valence-corrected chi connectivity index (χ1v) is 29.8. The van der Waals surface area contributed by atoms with Crippen molar-refractivity contribution in [1.82, 2.24) is 0 Å². The van der Waals surface area contributed by atoms with Gasteiger partial charge in [0.2, 0.25) is 0 Å². The molecule has 4 aliphatic heterocycles. The number of carboxylic acids is 1. The summed E-state index contributed by atoms with van der Waals surface area (Å²) in [6.45, 7) is 17.3. The molecule has 8 fully saturated rings. The average Bonchev–Trinajstić information content (AvgIpc) is 0.690. The van der Waals surface area contributed by atoms with Crippen molar-refractivity contribution < 1.29 is 124 Å². The Kier molecular flexibility index (Phi) is 18.4. The normalized spacial score (nSPS) is 52.8. The van der Waals surface area contributed by atoms with E-state index in [1.165, 1.54) is 6.92 Å². The van der Waals surface area contributed by atoms with Gasteiger partial charge in [0.05, 0.1) is 43.5 Å². The number of ether oxygens (including phenoxy) is 8. The van der Waals surface area contributed by atoms with Gasteiger partial charge in [0.25, 0.3) is 0 Å². The number of esters is 1. The first-order chi connectivity index (χ1) is 39.1. The third kappa shape index (κ3) is 10.2. The van der Waals surface area contributed by atoms with E-state index in [0.717, 1.165) is 5.57 Å². The highest BCUT2D eigenvalue weighted by molar-refractivity contribution is 5.87. The number of aliphatic hydroxyl groups is 14. The first-order valence-electron chi connectivity index (χ1n) is 29.8. The fourth-order valence-electron chi connectivity index (χ4n) is 17.7. The summed E-state index contributed by atoms with van der Waals surface area (Å²) < 4.78 is 49.2. The van der Waals surface area contributed by atoms with Crippen molar-refractivity contribution in [1.29, 1.82) is 0 Å². The van der Waals surface area contributed by atoms with E-state index in [-0.39, 0.29) is 36.2 Å². The van der Waals surface area contributed by atoms with Crippen LogP contribution in [0.3, 0.4) is 0 Å². The maximum Gasteiger partial charge on any atom is 0.335 e. The van der Waals surface area contributed by atoms with Gasteiger partial charge in [-0.15, -0.1) is 0 Å². The van der Waals surface area contributed by atoms with E-state index >= 15 is 0 Å². The lowest BCUT2D eigenvalue weighted by Crippen LogP contribution is -2.79. The molecule has 0 aromatic heterocycles. The van der Waals surface area contributed by atoms with E-state index in [4.69, 9.17) is 37.9 Å². The number of aliphatic carboxylic acids is 1. The van der Waals surface area contributed by atoms with Gasteiger partial charge >= 0.3 is 11.9 Å². The molecule has 15 N–H and O–H groups in total. The van der Waals surface area contributed by atoms with Gasteiger partial charge in [-0.2, -0.15) is 0 Å². The van der Waals surface area contributed by atoms with Gasteiger partial charge in [-0.05, 0) is 117 Å². The summed E-state index contributed by atoms with van der Waals surface area (Å²) >= 11 is 0. The SMILES string of the molecule is C/C=C(\C)C(=O)O[C@H]1CC(C)(C)C[C@H]2C3=CC[C@@H]4[C@@]5(C)CC[C@H](O[C@@H]6O[C@H](C(=O)O)[C@@H](O)[C@@](O)([C@@H]7O[C@H](CO)[C@H](O)[C@H](O)[C@H]7O[C@@H]7O[C@@H](C)[C@H](O)[C@@H](O)[C@H]7O)[C@H]6O[C@@H]6O[C@H](CO)[C@@H](O)[C@H](O)[C@H]6O)C(C)(C)[C@@H]5CC[C@@]4(C)[C@]3(C)C[C@@H](O)[C@@]12CO. The summed E-state index contributed by atoms with van der Waals surface area (Å²) in [5, 5.41) is 170. The van der Waals surface area contributed by atoms with Gasteiger partial charge < -0.3 is 114 Å². The van der Waals surface area contributed by atoms with E-state index in [1.54, 1.807) is 19.9 Å². The maximum absolute atomic E-state index is 13.6. The summed E-state index contributed by atoms with van der Waals surface area (Å²) in [6.07, 6.45) is -34.0. The minimum absolute atomic E-state index is 0.000366. The Morgan fingerprint density at radius 1 is 0.679 bits per heavy atom. The van der Waals surface area contributed by atoms with E-state index in [9.17, 15) is 86.2 Å². The number of carboxylic acid groups (broad SMARTS) is 1. The Bertz CT molecular complexity index is 2460. The van der Waals surface area contributed by atoms with Gasteiger partial charge in [0, 0.05) is 5.57 Å². The molecule has 0 amide bonds. The lowest BCUT2D eigenvalue weighted by Gasteiger charge is -2.72. The topological polar surface area (TPSA) is 411 Å². The smallest absolute Gasteiger partial charge is 0.335 e. The predicted molar refractivity (Wildman–Crippen MR) is 288 cm³/mol. The molecule has 5 aliphatic carbocycles. The standard InChI is InChI=1S/C59H94O25/c1-11-24(2)49(75)80-34-20-53(4,5)18-27-26-12-13-31-55(8)16-15-33(54(6,7)30(55)14-17-56(31,9)57(26,10)19-32(63)58(27,34)23-62)81-52-47(84-51-42(71)39(68)36(65)29(22-61)79-51)59(76,45(72)44(83-52)48(73)74)46-43(40(69)37(66)28(21-60)78-46)82-50-41(70)38(67)35(64)25(3)77-50/h11-12,25,27-47,50-52,60-72,76H,13-23H2,1-10H3,(H,73,74)/b24-11+/t25-,27-,28+,29+,30-,31+,32+,33-,34-,35-,36+,37-,38+,39-,40-,41+,42+,43+,44-,45+,46+,47-,50-,51-,52+,55-,56+,57+,58-,59+/m0/s1. The Morgan fingerprint density at radius 3 is 1.89 bits per heavy atom. The molecule has 4 saturated carbocycles. The molecule has 25 nitrogen and oxygen atoms in total. The van der Waals surface area contributed by atoms with E-state index in [1.807, 2.05) is 13.8 Å². The lowest BCUT2D eigenvalue weighted by atomic mass is 9.33. The Labute approximate surface area is 489 Å². The Balaban J connectivity index is 1.08. The minimum atomic E-state index is -3.38. The van der Waals surface area contributed by atoms with E-state index in [0.29, 0.717) is 50.5 Å². The van der Waals surface area contributed by atoms with Crippen LogP contribution in [0.25, 0.3) is 0 Å². The Hall–Kier alpha value is -2.42. The summed E-state index contributed by atoms with van der Waals surface area (Å²) in [7, 11) is 0. The van der Waals surface area contributed by atoms with Crippen LogP contribution in [0.1, 0.15) is 121 Å². The first kappa shape index (κ1) is 66.0. The minimum Gasteiger partial charge on any atom is -0.479 e. The fraction of sp³-hybridized carbons (Fsp3) is 0.898. The van der Waals surface area contributed by atoms with Crippen molar-refractivity contribution in [2.75, 3.05) is 19.8 Å². The van der Waals surface area contributed by atoms with Crippen molar-refractivity contribution in [2.45, 2.75) is 261 Å². The molecule has 9 rings (SSSR count). The van der Waals surface area contributed by atoms with Crippen molar-refractivity contribution in [3.05, 3.63) is 23.3 Å². The second-order valence-electron chi connectivity index (χ2n) is 28.2. The van der Waals surface area contributed by atoms with Crippen LogP contribution in [-0.2, 0) is 47.5 Å². The highest BCUT2D eigenvalue weighted by atomic mass is 16.8. The number of aliphatic hydroxyl groups excluding tert-OH is 13. The van der Waals surface area contributed by atoms with Crippen molar-refractivity contribution in [3.8, 4) is 0 Å². The monoisotopic (exact) mass is 1200 g/mol. The molecule has 0 aromatic rings. The highest BCUT2D eigenvalue weighted by Crippen LogP contribution is 2.76. The maximum atomic E-state index is 13.6. The van der Waals surface area contributed by atoms with E-state index in [2.05, 4.69) is 40.7 Å². The molecule has 4 saturated heterocycles. The number of fused-ring (bicyclic) bond motifs is 7. The van der Waals surface area contributed by atoms with Crippen LogP contribution in [0.2, 0.25) is 0 Å². The number of hydrogen-bond acceptors (Lipinski definition) is 24. The largest absolute Gasteiger partial charge is 0.479 e. The van der Waals surface area contributed by atoms with Gasteiger partial charge in [0.15, 0.2) is 30.6 Å². The third-order valence-corrected chi connectivity index (χ3v) is 22.9. The second kappa shape index (κ2) is 23.4. The van der Waals surface area contributed by atoms with Crippen molar-refractivity contribution in [3.63, 3.8) is 0 Å². The average molecular weight is 1200 g/mol. The molecule has 0 unspecified atom stereocenters. The molecule has 25 heteroatoms. The number of allylic oxidation sites excluding steroid dienone is 3. The van der Waals surface area contributed by atoms with Gasteiger partial charge in [-0.3, -0.25) is 0 Å². The van der Waals surface area contributed by atoms with Crippen LogP contribution >= 0.6 is 0 Å². The molecule has 0 aromatic carbocycles. The molecule has 0 spiro atoms. The second-order valence-corrected chi connectivity index (χ2v) is 28.2. The predicted octanol–water partition coefficient (Wildman–Crippen LogP) is -1.59. The number of carbonyl (C=O) groups excluding carboxylic acids is 1. The molecular weight excluding hydrogens is 1110 g/mol. The van der Waals surface area contributed by atoms with Gasteiger partial charge in [0.1, 0.15) is 91.6 Å². The number of carbonyl (C=O) groups is 2. The van der Waals surface area contributed by atoms with Crippen LogP contribution in [0.4, 0.5) is 0 Å². The third-order valence-electron chi connectivity index (χ3n) is 22.9. The summed E-state index contributed by atoms with van der Waals surface area (Å²) in [6, 6.07) is 0. The fourth-order valence-corrected chi connectivity index (χ4v) is 17.7. The van der Waals surface area contributed by atoms with Crippen LogP contribution in [0.5, 0.6) is 0 Å². The van der Waals surface area contributed by atoms with Gasteiger partial charge in [-0.25, -0.2) is 9.59 Å². The Morgan fingerprint density at radius 2 is 1.29 bits per heavy atom. The number of hydrogen-bond donors (Lipinski definition) is 15. The number of rotatable bonds is 13. The quantitative estimate of drug-likeness (QED) is 0.0428. The van der Waals surface area contributed by atoms with Crippen LogP contribution < -0.4 is 0 Å². The van der Waals surface area contributed by atoms with Crippen LogP contribution in [-0.4, -0.2) is 249 Å². The highest BCUT2D eigenvalue weighted by Gasteiger charge is 2.74. The lowest BCUT2D eigenvalue weighted by molar-refractivity contribution is -0.420. The molecule has 30 atom stereocenters. The van der Waals surface area contributed by atoms with E-state index < -0.39 is 193 Å². The molecule has 4 heterocycles. The van der Waals surface area contributed by atoms with Crippen molar-refractivity contribution >= 4 is 11.9 Å². The molecule has 84 heavy (non-hydrogen) atoms. The van der Waals surface area contributed by atoms with Gasteiger partial charge in [-0.1, -0.05) is 66.2 Å². The zero-order valence-corrected chi connectivity index (χ0v) is 49.7. The molecule has 480 valence electrons. The molecule has 9 aliphatic rings. The summed E-state index contributed by atoms with van der Waals surface area (Å²) in [4.78, 5) is 26.8. The van der Waals surface area contributed by atoms with Crippen LogP contribution in [0.15, 0.2) is 23.3 Å². The zero-order chi connectivity index (χ0) is 62.1. The van der Waals surface area contributed by atoms with Crippen LogP contribution in [0, 0.1) is 50.2 Å². The molecule has 0 bridgehead atoms. The molecule has 0 radical (unpaired) electrons. The summed E-state index contributed by atoms with van der Waals surface area (Å²) in [5.74, 6) is -2.85. The summed E-state index contributed by atoms with van der Waals surface area (Å²) in [5.41, 5.74) is -5.63. The van der Waals surface area contributed by atoms with Crippen molar-refractivity contribution in [2.24, 2.45) is 50.2 Å². The molecular formula is C59H94O25.